The van der Waals surface area contributed by atoms with Gasteiger partial charge in [0.2, 0.25) is 35.4 Å². The van der Waals surface area contributed by atoms with Crippen molar-refractivity contribution in [2.24, 2.45) is 22.9 Å². The first kappa shape index (κ1) is 54.9. The van der Waals surface area contributed by atoms with Gasteiger partial charge in [-0.25, -0.2) is 0 Å². The number of hydrogen-bond donors (Lipinski definition) is 4. The Kier molecular flexibility index (Phi) is 26.4. The van der Waals surface area contributed by atoms with E-state index in [0.717, 1.165) is 11.1 Å². The fourth-order valence-corrected chi connectivity index (χ4v) is 7.24. The number of Topliss-reactive ketones (excluding diaryl/α,β-unsaturated/α-hetero) is 1. The van der Waals surface area contributed by atoms with Gasteiger partial charge >= 0.3 is 0 Å². The molecular formula is C47H76N10O7. The van der Waals surface area contributed by atoms with E-state index in [0.29, 0.717) is 84.1 Å². The first-order chi connectivity index (χ1) is 30.7. The molecule has 0 bridgehead atoms. The average molecular weight is 893 g/mol. The van der Waals surface area contributed by atoms with E-state index in [4.69, 9.17) is 22.9 Å². The van der Waals surface area contributed by atoms with Crippen LogP contribution in [-0.2, 0) is 33.6 Å². The molecule has 17 heteroatoms. The van der Waals surface area contributed by atoms with E-state index in [1.807, 2.05) is 67.6 Å². The molecule has 8 N–H and O–H groups in total. The van der Waals surface area contributed by atoms with Gasteiger partial charge in [-0.05, 0) is 109 Å². The summed E-state index contributed by atoms with van der Waals surface area (Å²) in [5.41, 5.74) is 24.6. The summed E-state index contributed by atoms with van der Waals surface area (Å²) in [7, 11) is 0. The zero-order chi connectivity index (χ0) is 47.4. The smallest absolute Gasteiger partial charge is 0.243 e. The lowest BCUT2D eigenvalue weighted by atomic mass is 10.1. The van der Waals surface area contributed by atoms with E-state index in [1.54, 1.807) is 6.92 Å². The Hall–Kier alpha value is -5.23. The highest BCUT2D eigenvalue weighted by Crippen LogP contribution is 2.23. The van der Waals surface area contributed by atoms with E-state index < -0.39 is 54.7 Å². The standard InChI is InChI=1S/C47H76N10O7/c1-37(58)31-56(38(2)41-19-7-5-8-20-41)46(63)34-55(30-18-14-26-51)45(62)36-57(39(3)42-21-9-6-10-22-42)47(64)35-54(29-17-13-25-50)44(61)33-53(28-16-12-24-49)43(60)32-52(40(4)59)27-15-11-23-48/h5-10,19-22,38-39H,11-18,23-36,48-51H2,1-4H3/t38-,39-/m0/s1. The third kappa shape index (κ3) is 19.7. The fraction of sp³-hybridized carbons (Fsp3) is 0.596. The van der Waals surface area contributed by atoms with Crippen molar-refractivity contribution >= 4 is 41.2 Å². The normalized spacial score (nSPS) is 11.9. The highest BCUT2D eigenvalue weighted by atomic mass is 16.2. The lowest BCUT2D eigenvalue weighted by molar-refractivity contribution is -0.149. The van der Waals surface area contributed by atoms with Crippen LogP contribution in [0.4, 0.5) is 0 Å². The molecule has 64 heavy (non-hydrogen) atoms. The molecule has 0 saturated carbocycles. The number of rotatable bonds is 32. The second-order valence-corrected chi connectivity index (χ2v) is 16.3. The Labute approximate surface area is 380 Å². The zero-order valence-corrected chi connectivity index (χ0v) is 38.8. The summed E-state index contributed by atoms with van der Waals surface area (Å²) in [6.07, 6.45) is 4.60. The number of unbranched alkanes of at least 4 members (excludes halogenated alkanes) is 4. The second kappa shape index (κ2) is 30.8. The largest absolute Gasteiger partial charge is 0.334 e. The number of carbonyl (C=O) groups is 7. The minimum absolute atomic E-state index is 0.150. The monoisotopic (exact) mass is 893 g/mol. The SMILES string of the molecule is CC(=O)CN(C(=O)CN(CCCCN)C(=O)CN(C(=O)CN(CCCCN)C(=O)CN(CCCCN)C(=O)CN(CCCCN)C(C)=O)[C@@H](C)c1ccccc1)[C@@H](C)c1ccccc1. The van der Waals surface area contributed by atoms with E-state index >= 15 is 0 Å². The number of amides is 6. The van der Waals surface area contributed by atoms with Gasteiger partial charge in [0.05, 0.1) is 44.8 Å². The lowest BCUT2D eigenvalue weighted by Crippen LogP contribution is -2.52. The van der Waals surface area contributed by atoms with Gasteiger partial charge in [0.15, 0.2) is 0 Å². The molecule has 0 fully saturated rings. The second-order valence-electron chi connectivity index (χ2n) is 16.3. The van der Waals surface area contributed by atoms with Gasteiger partial charge in [0, 0.05) is 33.1 Å². The summed E-state index contributed by atoms with van der Waals surface area (Å²) < 4.78 is 0. The van der Waals surface area contributed by atoms with Gasteiger partial charge in [-0.2, -0.15) is 0 Å². The van der Waals surface area contributed by atoms with Crippen LogP contribution in [-0.4, -0.2) is 162 Å². The first-order valence-corrected chi connectivity index (χ1v) is 22.8. The van der Waals surface area contributed by atoms with Crippen molar-refractivity contribution in [2.45, 2.75) is 91.1 Å². The molecule has 0 aliphatic rings. The van der Waals surface area contributed by atoms with Gasteiger partial charge in [-0.1, -0.05) is 60.7 Å². The Morgan fingerprint density at radius 3 is 1.03 bits per heavy atom. The van der Waals surface area contributed by atoms with Crippen LogP contribution in [0.5, 0.6) is 0 Å². The molecule has 17 nitrogen and oxygen atoms in total. The van der Waals surface area contributed by atoms with Gasteiger partial charge < -0.3 is 52.3 Å². The summed E-state index contributed by atoms with van der Waals surface area (Å²) in [5, 5.41) is 0. The number of carbonyl (C=O) groups excluding carboxylic acids is 7. The quantitative estimate of drug-likeness (QED) is 0.0775. The van der Waals surface area contributed by atoms with Crippen LogP contribution in [0.2, 0.25) is 0 Å². The maximum Gasteiger partial charge on any atom is 0.243 e. The van der Waals surface area contributed by atoms with Gasteiger partial charge in [-0.15, -0.1) is 0 Å². The van der Waals surface area contributed by atoms with Crippen LogP contribution in [0.15, 0.2) is 60.7 Å². The molecule has 0 saturated heterocycles. The number of nitrogens with two attached hydrogens (primary N) is 4. The lowest BCUT2D eigenvalue weighted by Gasteiger charge is -2.35. The molecule has 0 aromatic heterocycles. The molecule has 2 atom stereocenters. The summed E-state index contributed by atoms with van der Waals surface area (Å²) in [6.45, 7) is 7.10. The van der Waals surface area contributed by atoms with Crippen LogP contribution >= 0.6 is 0 Å². The van der Waals surface area contributed by atoms with E-state index in [1.165, 1.54) is 43.2 Å². The van der Waals surface area contributed by atoms with Gasteiger partial charge in [0.25, 0.3) is 0 Å². The maximum atomic E-state index is 14.7. The molecule has 0 aliphatic heterocycles. The van der Waals surface area contributed by atoms with Crippen molar-refractivity contribution in [3.8, 4) is 0 Å². The average Bonchev–Trinajstić information content (AvgIpc) is 3.28. The van der Waals surface area contributed by atoms with Crippen molar-refractivity contribution in [3.63, 3.8) is 0 Å². The van der Waals surface area contributed by atoms with Crippen LogP contribution in [0, 0.1) is 0 Å². The maximum absolute atomic E-state index is 14.7. The predicted molar refractivity (Wildman–Crippen MR) is 249 cm³/mol. The van der Waals surface area contributed by atoms with Crippen LogP contribution in [0.1, 0.15) is 102 Å². The molecule has 6 amide bonds. The van der Waals surface area contributed by atoms with Crippen LogP contribution in [0.3, 0.4) is 0 Å². The van der Waals surface area contributed by atoms with Crippen molar-refractivity contribution in [1.82, 2.24) is 29.4 Å². The Balaban J connectivity index is 2.49. The molecule has 2 aromatic rings. The highest BCUT2D eigenvalue weighted by molar-refractivity contribution is 5.93. The first-order valence-electron chi connectivity index (χ1n) is 22.8. The summed E-state index contributed by atoms with van der Waals surface area (Å²) >= 11 is 0. The topological polar surface area (TPSA) is 243 Å². The Bertz CT molecular complexity index is 1730. The number of nitrogens with zero attached hydrogens (tertiary/aromatic N) is 6. The number of hydrogen-bond acceptors (Lipinski definition) is 11. The van der Waals surface area contributed by atoms with Crippen molar-refractivity contribution < 1.29 is 33.6 Å². The summed E-state index contributed by atoms with van der Waals surface area (Å²) in [5.74, 6) is -2.80. The Morgan fingerprint density at radius 1 is 0.406 bits per heavy atom. The molecule has 2 rings (SSSR count). The van der Waals surface area contributed by atoms with Crippen molar-refractivity contribution in [3.05, 3.63) is 71.8 Å². The molecule has 356 valence electrons. The van der Waals surface area contributed by atoms with Crippen molar-refractivity contribution in [2.75, 3.05) is 91.6 Å². The zero-order valence-electron chi connectivity index (χ0n) is 38.8. The molecule has 2 aromatic carbocycles. The third-order valence-corrected chi connectivity index (χ3v) is 11.2. The highest BCUT2D eigenvalue weighted by Gasteiger charge is 2.32. The summed E-state index contributed by atoms with van der Waals surface area (Å²) in [4.78, 5) is 105. The van der Waals surface area contributed by atoms with Crippen molar-refractivity contribution in [1.29, 1.82) is 0 Å². The predicted octanol–water partition coefficient (Wildman–Crippen LogP) is 2.04. The minimum Gasteiger partial charge on any atom is -0.334 e. The number of ketones is 1. The van der Waals surface area contributed by atoms with E-state index in [2.05, 4.69) is 0 Å². The molecule has 0 heterocycles. The van der Waals surface area contributed by atoms with Crippen LogP contribution in [0.25, 0.3) is 0 Å². The minimum atomic E-state index is -0.626. The Morgan fingerprint density at radius 2 is 0.703 bits per heavy atom. The van der Waals surface area contributed by atoms with E-state index in [9.17, 15) is 33.6 Å². The van der Waals surface area contributed by atoms with Gasteiger partial charge in [0.1, 0.15) is 12.3 Å². The molecule has 0 unspecified atom stereocenters. The molecule has 0 radical (unpaired) electrons. The van der Waals surface area contributed by atoms with E-state index in [-0.39, 0.29) is 57.5 Å². The summed E-state index contributed by atoms with van der Waals surface area (Å²) in [6, 6.07) is 17.4. The fourth-order valence-electron chi connectivity index (χ4n) is 7.24. The molecular weight excluding hydrogens is 817 g/mol. The molecule has 0 spiro atoms. The van der Waals surface area contributed by atoms with Crippen LogP contribution < -0.4 is 22.9 Å². The third-order valence-electron chi connectivity index (χ3n) is 11.2. The van der Waals surface area contributed by atoms with Gasteiger partial charge in [-0.3, -0.25) is 33.6 Å². The molecule has 0 aliphatic carbocycles. The number of benzene rings is 2.